The Morgan fingerprint density at radius 3 is 2.00 bits per heavy atom. The van der Waals surface area contributed by atoms with Gasteiger partial charge in [0.15, 0.2) is 0 Å². The number of rotatable bonds is 0. The molecule has 0 rings (SSSR count). The number of hydrogen-bond acceptors (Lipinski definition) is 1. The molecule has 0 saturated heterocycles. The van der Waals surface area contributed by atoms with Crippen LogP contribution in [0, 0.1) is 0 Å². The maximum atomic E-state index is 3.49. The van der Waals surface area contributed by atoms with Crippen molar-refractivity contribution in [2.75, 3.05) is 7.05 Å². The van der Waals surface area contributed by atoms with Crippen LogP contribution in [0.5, 0.6) is 0 Å². The molecule has 1 nitrogen and oxygen atoms in total. The molecule has 0 amide bonds. The Balaban J connectivity index is 2.55. The molecule has 4 heavy (non-hydrogen) atoms. The maximum Gasteiger partial charge on any atom is 0.0520 e. The van der Waals surface area contributed by atoms with Crippen molar-refractivity contribution >= 4 is 6.21 Å². The summed E-state index contributed by atoms with van der Waals surface area (Å²) in [5.41, 5.74) is 0. The predicted octanol–water partition coefficient (Wildman–Crippen LogP) is 0.584. The van der Waals surface area contributed by atoms with E-state index >= 15 is 0 Å². The van der Waals surface area contributed by atoms with Gasteiger partial charge in [0.25, 0.3) is 0 Å². The zero-order valence-corrected chi connectivity index (χ0v) is 2.95. The smallest absolute Gasteiger partial charge is 0.0520 e. The zero-order valence-electron chi connectivity index (χ0n) is 2.95. The Labute approximate surface area is 26.4 Å². The van der Waals surface area contributed by atoms with Crippen LogP contribution in [0.15, 0.2) is 4.99 Å². The van der Waals surface area contributed by atoms with E-state index in [0.717, 1.165) is 0 Å². The highest BCUT2D eigenvalue weighted by molar-refractivity contribution is 5.52. The largest absolute Gasteiger partial charge is 0.292 e. The summed E-state index contributed by atoms with van der Waals surface area (Å²) in [4.78, 5) is 3.49. The van der Waals surface area contributed by atoms with Crippen LogP contribution in [0.1, 0.15) is 6.92 Å². The van der Waals surface area contributed by atoms with Crippen LogP contribution in [0.4, 0.5) is 0 Å². The highest BCUT2D eigenvalue weighted by Gasteiger charge is 1.35. The molecule has 0 N–H and O–H groups in total. The molecule has 0 aliphatic rings. The fraction of sp³-hybridized carbons (Fsp3) is 0.667. The van der Waals surface area contributed by atoms with E-state index in [-0.39, 0.29) is 0 Å². The normalized spacial score (nSPS) is 9.50. The van der Waals surface area contributed by atoms with Gasteiger partial charge in [0.1, 0.15) is 0 Å². The van der Waals surface area contributed by atoms with Crippen molar-refractivity contribution in [3.63, 3.8) is 0 Å². The third kappa shape index (κ3) is 1.67. The van der Waals surface area contributed by atoms with Crippen molar-refractivity contribution in [2.45, 2.75) is 6.92 Å². The summed E-state index contributed by atoms with van der Waals surface area (Å²) >= 11 is 0. The molecule has 0 aromatic carbocycles. The van der Waals surface area contributed by atoms with E-state index in [2.05, 4.69) is 11.2 Å². The zero-order chi connectivity index (χ0) is 3.41. The lowest BCUT2D eigenvalue weighted by Crippen LogP contribution is -1.47. The van der Waals surface area contributed by atoms with Gasteiger partial charge < -0.3 is 0 Å². The minimum absolute atomic E-state index is 1.69. The monoisotopic (exact) mass is 56.1 g/mol. The summed E-state index contributed by atoms with van der Waals surface area (Å²) in [5.74, 6) is 0. The third-order valence-corrected chi connectivity index (χ3v) is 0.224. The first kappa shape index (κ1) is 3.67. The molecule has 0 spiro atoms. The van der Waals surface area contributed by atoms with Crippen molar-refractivity contribution in [2.24, 2.45) is 4.99 Å². The average molecular weight is 56.1 g/mol. The molecule has 1 heteroatoms. The van der Waals surface area contributed by atoms with Crippen LogP contribution in [0.3, 0.4) is 0 Å². The molecule has 0 heterocycles. The molecule has 0 unspecified atom stereocenters. The molecule has 0 aliphatic heterocycles. The first-order valence-corrected chi connectivity index (χ1v) is 1.17. The molecular weight excluding hydrogens is 50.0 g/mol. The number of aliphatic imine (C=N–C) groups is 1. The van der Waals surface area contributed by atoms with Crippen molar-refractivity contribution in [1.29, 1.82) is 0 Å². The second-order valence-electron chi connectivity index (χ2n) is 0.447. The van der Waals surface area contributed by atoms with Gasteiger partial charge in [-0.05, 0) is 6.92 Å². The Morgan fingerprint density at radius 1 is 1.75 bits per heavy atom. The summed E-state index contributed by atoms with van der Waals surface area (Å²) in [6, 6.07) is 0. The van der Waals surface area contributed by atoms with Gasteiger partial charge in [0.2, 0.25) is 0 Å². The number of hydrogen-bond donors (Lipinski definition) is 0. The molecule has 0 aromatic rings. The summed E-state index contributed by atoms with van der Waals surface area (Å²) in [7, 11) is 1.69. The molecule has 0 aliphatic carbocycles. The Bertz CT molecular complexity index is 18.5. The van der Waals surface area contributed by atoms with Crippen molar-refractivity contribution < 1.29 is 0 Å². The molecule has 1 radical (unpaired) electrons. The lowest BCUT2D eigenvalue weighted by Gasteiger charge is -1.51. The quantitative estimate of drug-likeness (QED) is 0.360. The van der Waals surface area contributed by atoms with Gasteiger partial charge >= 0.3 is 0 Å². The van der Waals surface area contributed by atoms with Crippen LogP contribution in [0.25, 0.3) is 0 Å². The molecule has 0 atom stereocenters. The standard InChI is InChI=1S/C3H6N/c1-3-4-2/h1-2H3. The minimum atomic E-state index is 1.69. The van der Waals surface area contributed by atoms with Crippen molar-refractivity contribution in [3.8, 4) is 0 Å². The summed E-state index contributed by atoms with van der Waals surface area (Å²) in [5, 5.41) is 0. The lowest BCUT2D eigenvalue weighted by atomic mass is 10.9. The van der Waals surface area contributed by atoms with Gasteiger partial charge in [-0.1, -0.05) is 0 Å². The van der Waals surface area contributed by atoms with E-state index in [0.29, 0.717) is 0 Å². The average Bonchev–Trinajstić information content (AvgIpc) is 1.37. The molecule has 0 saturated carbocycles. The minimum Gasteiger partial charge on any atom is -0.292 e. The Kier molecular flexibility index (Phi) is 2.45. The van der Waals surface area contributed by atoms with Crippen molar-refractivity contribution in [3.05, 3.63) is 0 Å². The summed E-state index contributed by atoms with van der Waals surface area (Å²) < 4.78 is 0. The van der Waals surface area contributed by atoms with Gasteiger partial charge in [-0.2, -0.15) is 0 Å². The first-order chi connectivity index (χ1) is 1.91. The maximum absolute atomic E-state index is 3.49. The lowest BCUT2D eigenvalue weighted by molar-refractivity contribution is 1.46. The highest BCUT2D eigenvalue weighted by atomic mass is 14.6. The molecule has 23 valence electrons. The predicted molar refractivity (Wildman–Crippen MR) is 19.0 cm³/mol. The van der Waals surface area contributed by atoms with Crippen molar-refractivity contribution in [1.82, 2.24) is 0 Å². The number of nitrogens with zero attached hydrogens (tertiary/aromatic N) is 1. The van der Waals surface area contributed by atoms with Gasteiger partial charge in [-0.25, -0.2) is 0 Å². The molecular formula is C3H6N. The van der Waals surface area contributed by atoms with Crippen LogP contribution in [-0.2, 0) is 0 Å². The Morgan fingerprint density at radius 2 is 2.00 bits per heavy atom. The molecule has 0 aromatic heterocycles. The van der Waals surface area contributed by atoms with E-state index < -0.39 is 0 Å². The van der Waals surface area contributed by atoms with Crippen LogP contribution in [0.2, 0.25) is 0 Å². The van der Waals surface area contributed by atoms with E-state index in [4.69, 9.17) is 0 Å². The van der Waals surface area contributed by atoms with Crippen LogP contribution < -0.4 is 0 Å². The fourth-order valence-corrected chi connectivity index (χ4v) is 0. The molecule has 0 fully saturated rings. The summed E-state index contributed by atoms with van der Waals surface area (Å²) in [6.07, 6.45) is 2.56. The first-order valence-electron chi connectivity index (χ1n) is 1.17. The van der Waals surface area contributed by atoms with E-state index in [1.54, 1.807) is 14.0 Å². The van der Waals surface area contributed by atoms with E-state index in [9.17, 15) is 0 Å². The van der Waals surface area contributed by atoms with Gasteiger partial charge in [-0.15, -0.1) is 0 Å². The van der Waals surface area contributed by atoms with Gasteiger partial charge in [0, 0.05) is 7.05 Å². The Hall–Kier alpha value is -0.330. The fourth-order valence-electron chi connectivity index (χ4n) is 0. The van der Waals surface area contributed by atoms with E-state index in [1.165, 1.54) is 0 Å². The second-order valence-corrected chi connectivity index (χ2v) is 0.447. The van der Waals surface area contributed by atoms with E-state index in [1.807, 2.05) is 0 Å². The third-order valence-electron chi connectivity index (χ3n) is 0.224. The SMILES string of the molecule is C/[C]=N/C. The van der Waals surface area contributed by atoms with Crippen LogP contribution >= 0.6 is 0 Å². The van der Waals surface area contributed by atoms with Crippen LogP contribution in [-0.4, -0.2) is 13.3 Å². The molecule has 0 bridgehead atoms. The van der Waals surface area contributed by atoms with Gasteiger partial charge in [-0.3, -0.25) is 4.99 Å². The summed E-state index contributed by atoms with van der Waals surface area (Å²) in [6.45, 7) is 1.76. The topological polar surface area (TPSA) is 12.4 Å². The second kappa shape index (κ2) is 2.67. The van der Waals surface area contributed by atoms with Gasteiger partial charge in [0.05, 0.1) is 6.21 Å². The highest BCUT2D eigenvalue weighted by Crippen LogP contribution is 1.39.